The molecule has 3 fully saturated rings. The maximum Gasteiger partial charge on any atom is 0.242 e. The molecule has 11 heteroatoms. The Morgan fingerprint density at radius 1 is 1.07 bits per heavy atom. The highest BCUT2D eigenvalue weighted by Crippen LogP contribution is 2.65. The van der Waals surface area contributed by atoms with Crippen molar-refractivity contribution in [3.05, 3.63) is 10.4 Å². The Labute approximate surface area is 257 Å². The molecule has 4 rings (SSSR count). The third-order valence-electron chi connectivity index (χ3n) is 12.1. The summed E-state index contributed by atoms with van der Waals surface area (Å²) >= 11 is 0. The first-order valence-electron chi connectivity index (χ1n) is 16.7. The number of amides is 2. The van der Waals surface area contributed by atoms with Crippen LogP contribution in [0.2, 0.25) is 0 Å². The zero-order valence-corrected chi connectivity index (χ0v) is 27.0. The normalized spacial score (nSPS) is 37.5. The predicted molar refractivity (Wildman–Crippen MR) is 164 cm³/mol. The van der Waals surface area contributed by atoms with E-state index in [1.54, 1.807) is 0 Å². The van der Waals surface area contributed by atoms with Crippen molar-refractivity contribution in [2.24, 2.45) is 55.8 Å². The van der Waals surface area contributed by atoms with Crippen molar-refractivity contribution in [2.75, 3.05) is 6.67 Å². The van der Waals surface area contributed by atoms with Crippen LogP contribution < -0.4 is 10.6 Å². The summed E-state index contributed by atoms with van der Waals surface area (Å²) in [6, 6.07) is -0.748. The molecular formula is C32H55N7O4. The van der Waals surface area contributed by atoms with Gasteiger partial charge in [-0.3, -0.25) is 9.59 Å². The number of fused-ring (bicyclic) bond motifs is 1. The number of aliphatic hydroxyl groups is 2. The summed E-state index contributed by atoms with van der Waals surface area (Å²) in [7, 11) is 0. The van der Waals surface area contributed by atoms with Gasteiger partial charge in [0.25, 0.3) is 0 Å². The zero-order valence-electron chi connectivity index (χ0n) is 27.0. The lowest BCUT2D eigenvalue weighted by molar-refractivity contribution is -0.144. The van der Waals surface area contributed by atoms with Crippen molar-refractivity contribution in [2.45, 2.75) is 142 Å². The number of carbonyl (C=O) groups excluding carboxylic acids is 2. The lowest BCUT2D eigenvalue weighted by atomic mass is 9.48. The Balaban J connectivity index is 1.38. The average Bonchev–Trinajstić information content (AvgIpc) is 3.60. The molecule has 0 spiro atoms. The molecule has 0 aromatic rings. The summed E-state index contributed by atoms with van der Waals surface area (Å²) in [5.74, 6) is 1.56. The Morgan fingerprint density at radius 2 is 1.77 bits per heavy atom. The first-order valence-corrected chi connectivity index (χ1v) is 16.7. The minimum Gasteiger partial charge on any atom is -0.393 e. The fraction of sp³-hybridized carbons (Fsp3) is 0.938. The summed E-state index contributed by atoms with van der Waals surface area (Å²) in [5, 5.41) is 38.9. The van der Waals surface area contributed by atoms with Crippen molar-refractivity contribution in [1.82, 2.24) is 10.6 Å². The number of rotatable bonds is 14. The van der Waals surface area contributed by atoms with E-state index < -0.39 is 11.7 Å². The maximum atomic E-state index is 13.1. The number of hydrogen-bond donors (Lipinski definition) is 4. The van der Waals surface area contributed by atoms with Crippen LogP contribution >= 0.6 is 0 Å². The van der Waals surface area contributed by atoms with Crippen LogP contribution in [-0.4, -0.2) is 52.6 Å². The second-order valence-electron chi connectivity index (χ2n) is 14.9. The van der Waals surface area contributed by atoms with Crippen LogP contribution in [-0.2, 0) is 9.59 Å². The largest absolute Gasteiger partial charge is 0.393 e. The summed E-state index contributed by atoms with van der Waals surface area (Å²) in [5.41, 5.74) is 8.04. The molecule has 1 aliphatic heterocycles. The van der Waals surface area contributed by atoms with Crippen LogP contribution in [0.25, 0.3) is 10.4 Å². The Morgan fingerprint density at radius 3 is 2.40 bits per heavy atom. The van der Waals surface area contributed by atoms with Crippen molar-refractivity contribution >= 4 is 11.8 Å². The molecule has 8 atom stereocenters. The van der Waals surface area contributed by atoms with Crippen LogP contribution in [0.5, 0.6) is 0 Å². The van der Waals surface area contributed by atoms with Gasteiger partial charge >= 0.3 is 0 Å². The third-order valence-corrected chi connectivity index (χ3v) is 12.1. The van der Waals surface area contributed by atoms with Crippen LogP contribution in [0, 0.1) is 40.4 Å². The SMILES string of the molecule is CCC[C@@H]1C(C2(C)CCC(O)CC2)CC(O)[C@]2(C)[C@@H]([C@H](C)CCC(=O)NC(CCC3(C)N=N3)C(=O)NCN=[N+]=[N-])CC[C@@H]12. The second-order valence-corrected chi connectivity index (χ2v) is 14.9. The molecule has 0 aromatic carbocycles. The second kappa shape index (κ2) is 13.8. The van der Waals surface area contributed by atoms with Gasteiger partial charge in [0.15, 0.2) is 5.66 Å². The molecule has 43 heavy (non-hydrogen) atoms. The van der Waals surface area contributed by atoms with Crippen molar-refractivity contribution in [3.63, 3.8) is 0 Å². The third kappa shape index (κ3) is 7.54. The van der Waals surface area contributed by atoms with E-state index in [4.69, 9.17) is 5.53 Å². The Kier molecular flexibility index (Phi) is 10.8. The predicted octanol–water partition coefficient (Wildman–Crippen LogP) is 6.00. The molecule has 4 N–H and O–H groups in total. The van der Waals surface area contributed by atoms with Gasteiger partial charge in [-0.1, -0.05) is 45.7 Å². The van der Waals surface area contributed by atoms with Gasteiger partial charge in [0, 0.05) is 11.3 Å². The summed E-state index contributed by atoms with van der Waals surface area (Å²) in [6.45, 7) is 10.9. The fourth-order valence-electron chi connectivity index (χ4n) is 9.41. The van der Waals surface area contributed by atoms with Crippen LogP contribution in [0.4, 0.5) is 0 Å². The Bertz CT molecular complexity index is 1060. The lowest BCUT2D eigenvalue weighted by Crippen LogP contribution is -2.55. The van der Waals surface area contributed by atoms with Crippen LogP contribution in [0.3, 0.4) is 0 Å². The van der Waals surface area contributed by atoms with E-state index in [0.717, 1.165) is 51.4 Å². The number of hydrogen-bond acceptors (Lipinski definition) is 7. The van der Waals surface area contributed by atoms with Gasteiger partial charge in [-0.05, 0) is 117 Å². The standard InChI is InChI=1S/C32H55N7O4/c1-6-7-22-24-10-9-23(32(24,5)27(41)18-25(22)30(3)15-12-21(40)13-16-30)20(2)8-11-28(42)36-26(14-17-31(4)37-38-31)29(43)34-19-35-39-33/h20-27,40-41H,6-19H2,1-5H3,(H,34,43)(H,36,42)/t20-,21?,22+,23-,24+,25?,26?,27?,30?,32-/m1/s1. The molecule has 2 amide bonds. The van der Waals surface area contributed by atoms with Gasteiger partial charge in [0.2, 0.25) is 11.8 Å². The van der Waals surface area contributed by atoms with Crippen molar-refractivity contribution in [3.8, 4) is 0 Å². The number of nitrogens with one attached hydrogen (secondary N) is 2. The van der Waals surface area contributed by atoms with Gasteiger partial charge in [-0.25, -0.2) is 0 Å². The first kappa shape index (κ1) is 33.7. The molecule has 0 saturated heterocycles. The number of azide groups is 1. The zero-order chi connectivity index (χ0) is 31.4. The molecule has 0 bridgehead atoms. The number of nitrogens with zero attached hydrogens (tertiary/aromatic N) is 5. The van der Waals surface area contributed by atoms with E-state index in [2.05, 4.69) is 58.6 Å². The topological polar surface area (TPSA) is 172 Å². The molecule has 3 aliphatic carbocycles. The molecule has 0 radical (unpaired) electrons. The lowest BCUT2D eigenvalue weighted by Gasteiger charge is -2.58. The van der Waals surface area contributed by atoms with E-state index in [1.165, 1.54) is 6.42 Å². The highest BCUT2D eigenvalue weighted by atomic mass is 16.3. The first-order chi connectivity index (χ1) is 20.4. The van der Waals surface area contributed by atoms with E-state index in [0.29, 0.717) is 49.4 Å². The smallest absolute Gasteiger partial charge is 0.242 e. The summed E-state index contributed by atoms with van der Waals surface area (Å²) in [4.78, 5) is 28.5. The van der Waals surface area contributed by atoms with Gasteiger partial charge in [0.05, 0.1) is 18.9 Å². The van der Waals surface area contributed by atoms with E-state index in [1.807, 2.05) is 6.92 Å². The van der Waals surface area contributed by atoms with Gasteiger partial charge in [0.1, 0.15) is 6.04 Å². The highest BCUT2D eigenvalue weighted by Gasteiger charge is 2.61. The molecule has 0 aromatic heterocycles. The molecule has 4 aliphatic rings. The van der Waals surface area contributed by atoms with Crippen molar-refractivity contribution < 1.29 is 19.8 Å². The minimum absolute atomic E-state index is 0.171. The van der Waals surface area contributed by atoms with Gasteiger partial charge < -0.3 is 20.8 Å². The minimum atomic E-state index is -0.748. The molecule has 3 saturated carbocycles. The number of carbonyl (C=O) groups is 2. The summed E-state index contributed by atoms with van der Waals surface area (Å²) in [6.07, 6.45) is 10.5. The van der Waals surface area contributed by atoms with Gasteiger partial charge in [-0.2, -0.15) is 10.2 Å². The van der Waals surface area contributed by atoms with E-state index >= 15 is 0 Å². The molecular weight excluding hydrogens is 546 g/mol. The van der Waals surface area contributed by atoms with E-state index in [-0.39, 0.29) is 47.4 Å². The van der Waals surface area contributed by atoms with Crippen molar-refractivity contribution in [1.29, 1.82) is 0 Å². The highest BCUT2D eigenvalue weighted by molar-refractivity contribution is 5.87. The fourth-order valence-corrected chi connectivity index (χ4v) is 9.41. The quantitative estimate of drug-likeness (QED) is 0.109. The molecule has 11 nitrogen and oxygen atoms in total. The average molecular weight is 602 g/mol. The van der Waals surface area contributed by atoms with Gasteiger partial charge in [-0.15, -0.1) is 0 Å². The molecule has 3 unspecified atom stereocenters. The number of aliphatic hydroxyl groups excluding tert-OH is 2. The van der Waals surface area contributed by atoms with E-state index in [9.17, 15) is 19.8 Å². The molecule has 242 valence electrons. The molecule has 1 heterocycles. The monoisotopic (exact) mass is 601 g/mol. The Hall–Kier alpha value is -2.23. The summed E-state index contributed by atoms with van der Waals surface area (Å²) < 4.78 is 0. The van der Waals surface area contributed by atoms with Crippen LogP contribution in [0.1, 0.15) is 118 Å². The maximum absolute atomic E-state index is 13.1. The van der Waals surface area contributed by atoms with Crippen LogP contribution in [0.15, 0.2) is 15.3 Å².